The van der Waals surface area contributed by atoms with Gasteiger partial charge < -0.3 is 19.8 Å². The quantitative estimate of drug-likeness (QED) is 0.374. The maximum absolute atomic E-state index is 13.1. The van der Waals surface area contributed by atoms with Crippen molar-refractivity contribution in [2.75, 3.05) is 11.9 Å². The second-order valence-corrected chi connectivity index (χ2v) is 8.22. The number of halogens is 3. The van der Waals surface area contributed by atoms with Crippen LogP contribution in [-0.4, -0.2) is 33.9 Å². The molecule has 2 aromatic carbocycles. The molecule has 0 bridgehead atoms. The molecule has 0 unspecified atom stereocenters. The minimum Gasteiger partial charge on any atom is -0.486 e. The Hall–Kier alpha value is -4.34. The second kappa shape index (κ2) is 10.1. The number of carbonyl (C=O) groups is 2. The van der Waals surface area contributed by atoms with Crippen LogP contribution in [0.5, 0.6) is 5.75 Å². The fourth-order valence-electron chi connectivity index (χ4n) is 3.58. The van der Waals surface area contributed by atoms with Gasteiger partial charge in [-0.25, -0.2) is 4.98 Å². The van der Waals surface area contributed by atoms with Crippen LogP contribution in [0, 0.1) is 13.8 Å². The average molecular weight is 496 g/mol. The number of imidazole rings is 1. The van der Waals surface area contributed by atoms with Gasteiger partial charge in [-0.05, 0) is 55.3 Å². The van der Waals surface area contributed by atoms with Gasteiger partial charge in [0.2, 0.25) is 0 Å². The van der Waals surface area contributed by atoms with Gasteiger partial charge in [-0.15, -0.1) is 0 Å². The Morgan fingerprint density at radius 1 is 1.00 bits per heavy atom. The van der Waals surface area contributed by atoms with Crippen LogP contribution in [0.3, 0.4) is 0 Å². The topological polar surface area (TPSA) is 84.7 Å². The van der Waals surface area contributed by atoms with Gasteiger partial charge in [0.05, 0.1) is 11.3 Å². The number of nitrogens with one attached hydrogen (secondary N) is 2. The molecular weight excluding hydrogens is 473 g/mol. The Morgan fingerprint density at radius 2 is 1.78 bits per heavy atom. The summed E-state index contributed by atoms with van der Waals surface area (Å²) >= 11 is 0. The third-order valence-electron chi connectivity index (χ3n) is 5.43. The number of ether oxygens (including phenoxy) is 1. The number of alkyl halides is 3. The lowest BCUT2D eigenvalue weighted by molar-refractivity contribution is -0.123. The van der Waals surface area contributed by atoms with E-state index in [0.29, 0.717) is 22.7 Å². The lowest BCUT2D eigenvalue weighted by Crippen LogP contribution is -2.33. The monoisotopic (exact) mass is 496 g/mol. The zero-order chi connectivity index (χ0) is 25.9. The SMILES string of the molecule is Cc1ccc(C(=O)NCC(F)(F)F)cc1NC(=O)c1ccccc1OCc1cn2cccc(C)c2n1. The van der Waals surface area contributed by atoms with Gasteiger partial charge in [0, 0.05) is 23.6 Å². The Labute approximate surface area is 204 Å². The van der Waals surface area contributed by atoms with E-state index < -0.39 is 24.5 Å². The number of amides is 2. The molecule has 0 spiro atoms. The van der Waals surface area contributed by atoms with Crippen LogP contribution in [0.25, 0.3) is 5.65 Å². The number of para-hydroxylation sites is 1. The minimum atomic E-state index is -4.52. The highest BCUT2D eigenvalue weighted by Crippen LogP contribution is 2.24. The number of aromatic nitrogens is 2. The van der Waals surface area contributed by atoms with Crippen molar-refractivity contribution < 1.29 is 27.5 Å². The molecule has 0 aliphatic carbocycles. The van der Waals surface area contributed by atoms with Crippen LogP contribution in [0.4, 0.5) is 18.9 Å². The van der Waals surface area contributed by atoms with Crippen LogP contribution in [0.2, 0.25) is 0 Å². The third kappa shape index (κ3) is 5.83. The first-order valence-electron chi connectivity index (χ1n) is 11.0. The van der Waals surface area contributed by atoms with Crippen molar-refractivity contribution in [2.24, 2.45) is 0 Å². The lowest BCUT2D eigenvalue weighted by Gasteiger charge is -2.14. The van der Waals surface area contributed by atoms with Crippen molar-refractivity contribution in [3.8, 4) is 5.75 Å². The first kappa shape index (κ1) is 24.8. The van der Waals surface area contributed by atoms with E-state index >= 15 is 0 Å². The molecule has 4 aromatic rings. The van der Waals surface area contributed by atoms with Gasteiger partial charge in [0.15, 0.2) is 0 Å². The molecular formula is C26H23F3N4O3. The summed E-state index contributed by atoms with van der Waals surface area (Å²) in [5.41, 5.74) is 3.70. The summed E-state index contributed by atoms with van der Waals surface area (Å²) in [7, 11) is 0. The molecule has 186 valence electrons. The molecule has 2 N–H and O–H groups in total. The second-order valence-electron chi connectivity index (χ2n) is 8.22. The van der Waals surface area contributed by atoms with E-state index in [9.17, 15) is 22.8 Å². The van der Waals surface area contributed by atoms with Crippen molar-refractivity contribution in [3.63, 3.8) is 0 Å². The predicted molar refractivity (Wildman–Crippen MR) is 128 cm³/mol. The molecule has 0 radical (unpaired) electrons. The number of aryl methyl sites for hydroxylation is 2. The molecule has 10 heteroatoms. The highest BCUT2D eigenvalue weighted by molar-refractivity contribution is 6.07. The number of nitrogens with zero attached hydrogens (tertiary/aromatic N) is 2. The predicted octanol–water partition coefficient (Wildman–Crippen LogP) is 5.07. The summed E-state index contributed by atoms with van der Waals surface area (Å²) in [6.07, 6.45) is -0.785. The fourth-order valence-corrected chi connectivity index (χ4v) is 3.58. The summed E-state index contributed by atoms with van der Waals surface area (Å²) in [4.78, 5) is 29.7. The normalized spacial score (nSPS) is 11.4. The van der Waals surface area contributed by atoms with Crippen molar-refractivity contribution >= 4 is 23.1 Å². The third-order valence-corrected chi connectivity index (χ3v) is 5.43. The van der Waals surface area contributed by atoms with Crippen LogP contribution >= 0.6 is 0 Å². The lowest BCUT2D eigenvalue weighted by atomic mass is 10.1. The summed E-state index contributed by atoms with van der Waals surface area (Å²) < 4.78 is 45.1. The molecule has 0 aliphatic heterocycles. The summed E-state index contributed by atoms with van der Waals surface area (Å²) in [6.45, 7) is 2.36. The smallest absolute Gasteiger partial charge is 0.405 e. The molecule has 2 amide bonds. The molecule has 0 aliphatic rings. The van der Waals surface area contributed by atoms with Gasteiger partial charge in [0.25, 0.3) is 11.8 Å². The molecule has 2 heterocycles. The van der Waals surface area contributed by atoms with Crippen LogP contribution in [0.15, 0.2) is 67.0 Å². The highest BCUT2D eigenvalue weighted by atomic mass is 19.4. The molecule has 7 nitrogen and oxygen atoms in total. The molecule has 36 heavy (non-hydrogen) atoms. The van der Waals surface area contributed by atoms with Crippen LogP contribution in [0.1, 0.15) is 37.5 Å². The average Bonchev–Trinajstić information content (AvgIpc) is 3.27. The highest BCUT2D eigenvalue weighted by Gasteiger charge is 2.28. The zero-order valence-corrected chi connectivity index (χ0v) is 19.5. The number of anilines is 1. The molecule has 0 atom stereocenters. The van der Waals surface area contributed by atoms with Gasteiger partial charge in [-0.3, -0.25) is 9.59 Å². The zero-order valence-electron chi connectivity index (χ0n) is 19.5. The van der Waals surface area contributed by atoms with E-state index in [1.165, 1.54) is 12.1 Å². The Morgan fingerprint density at radius 3 is 2.53 bits per heavy atom. The number of fused-ring (bicyclic) bond motifs is 1. The maximum atomic E-state index is 13.1. The number of benzene rings is 2. The number of rotatable bonds is 7. The van der Waals surface area contributed by atoms with E-state index in [-0.39, 0.29) is 17.7 Å². The summed E-state index contributed by atoms with van der Waals surface area (Å²) in [5, 5.41) is 4.54. The standard InChI is InChI=1S/C26H23F3N4O3/c1-16-9-10-18(24(34)30-15-26(27,28)29)12-21(16)32-25(35)20-7-3-4-8-22(20)36-14-19-13-33-11-5-6-17(2)23(33)31-19/h3-13H,14-15H2,1-2H3,(H,30,34)(H,32,35). The van der Waals surface area contributed by atoms with Crippen molar-refractivity contribution in [3.05, 3.63) is 94.9 Å². The number of pyridine rings is 1. The maximum Gasteiger partial charge on any atom is 0.405 e. The summed E-state index contributed by atoms with van der Waals surface area (Å²) in [6, 6.07) is 14.8. The van der Waals surface area contributed by atoms with E-state index in [1.807, 2.05) is 41.2 Å². The number of hydrogen-bond donors (Lipinski definition) is 2. The molecule has 0 saturated carbocycles. The molecule has 0 fully saturated rings. The van der Waals surface area contributed by atoms with Crippen molar-refractivity contribution in [2.45, 2.75) is 26.6 Å². The minimum absolute atomic E-state index is 0.00757. The molecule has 0 saturated heterocycles. The Bertz CT molecular complexity index is 1430. The van der Waals surface area contributed by atoms with Crippen molar-refractivity contribution in [1.29, 1.82) is 0 Å². The van der Waals surface area contributed by atoms with E-state index in [4.69, 9.17) is 4.74 Å². The number of hydrogen-bond acceptors (Lipinski definition) is 4. The first-order chi connectivity index (χ1) is 17.1. The number of carbonyl (C=O) groups excluding carboxylic acids is 2. The van der Waals surface area contributed by atoms with Gasteiger partial charge >= 0.3 is 6.18 Å². The van der Waals surface area contributed by atoms with E-state index in [1.54, 1.807) is 37.3 Å². The Kier molecular flexibility index (Phi) is 6.96. The Balaban J connectivity index is 1.48. The van der Waals surface area contributed by atoms with Crippen molar-refractivity contribution in [1.82, 2.24) is 14.7 Å². The van der Waals surface area contributed by atoms with Gasteiger partial charge in [0.1, 0.15) is 24.5 Å². The first-order valence-corrected chi connectivity index (χ1v) is 11.0. The molecule has 4 rings (SSSR count). The van der Waals surface area contributed by atoms with Crippen LogP contribution < -0.4 is 15.4 Å². The van der Waals surface area contributed by atoms with E-state index in [2.05, 4.69) is 10.3 Å². The van der Waals surface area contributed by atoms with E-state index in [0.717, 1.165) is 11.2 Å². The van der Waals surface area contributed by atoms with Gasteiger partial charge in [-0.1, -0.05) is 24.3 Å². The fraction of sp³-hybridized carbons (Fsp3) is 0.192. The largest absolute Gasteiger partial charge is 0.486 e. The summed E-state index contributed by atoms with van der Waals surface area (Å²) in [5.74, 6) is -1.05. The van der Waals surface area contributed by atoms with Gasteiger partial charge in [-0.2, -0.15) is 13.2 Å². The van der Waals surface area contributed by atoms with Crippen LogP contribution in [-0.2, 0) is 6.61 Å². The molecule has 2 aromatic heterocycles.